The summed E-state index contributed by atoms with van der Waals surface area (Å²) >= 11 is 0. The third kappa shape index (κ3) is 2.95. The van der Waals surface area contributed by atoms with Crippen LogP contribution in [-0.4, -0.2) is 33.4 Å². The van der Waals surface area contributed by atoms with E-state index in [1.165, 1.54) is 18.2 Å². The van der Waals surface area contributed by atoms with E-state index < -0.39 is 11.6 Å². The molecule has 1 unspecified atom stereocenters. The van der Waals surface area contributed by atoms with E-state index in [0.29, 0.717) is 24.1 Å². The minimum absolute atomic E-state index is 0.145. The van der Waals surface area contributed by atoms with E-state index in [9.17, 15) is 8.78 Å². The van der Waals surface area contributed by atoms with Crippen molar-refractivity contribution in [2.24, 2.45) is 0 Å². The van der Waals surface area contributed by atoms with Gasteiger partial charge in [0.1, 0.15) is 11.6 Å². The smallest absolute Gasteiger partial charge is 0.231 e. The van der Waals surface area contributed by atoms with Gasteiger partial charge in [0.05, 0.1) is 17.2 Å². The highest BCUT2D eigenvalue weighted by Crippen LogP contribution is 2.30. The standard InChI is InChI=1S/C17H15F2N5O/c1-10-20-17(25-23-10)11-7-8-24(9-11)15-6-5-14(21-22-15)16-12(18)3-2-4-13(16)19/h2-6,11H,7-9H2,1H3. The Morgan fingerprint density at radius 1 is 1.12 bits per heavy atom. The second-order valence-electron chi connectivity index (χ2n) is 5.98. The lowest BCUT2D eigenvalue weighted by Crippen LogP contribution is -2.20. The highest BCUT2D eigenvalue weighted by atomic mass is 19.1. The normalized spacial score (nSPS) is 17.2. The van der Waals surface area contributed by atoms with Gasteiger partial charge < -0.3 is 9.42 Å². The van der Waals surface area contributed by atoms with E-state index in [1.54, 1.807) is 19.1 Å². The number of benzene rings is 1. The van der Waals surface area contributed by atoms with E-state index >= 15 is 0 Å². The Morgan fingerprint density at radius 3 is 2.56 bits per heavy atom. The molecule has 0 aliphatic carbocycles. The van der Waals surface area contributed by atoms with Crippen molar-refractivity contribution in [3.8, 4) is 11.3 Å². The molecule has 0 amide bonds. The van der Waals surface area contributed by atoms with Crippen molar-refractivity contribution < 1.29 is 13.3 Å². The first-order valence-electron chi connectivity index (χ1n) is 7.95. The van der Waals surface area contributed by atoms with Crippen molar-refractivity contribution >= 4 is 5.82 Å². The van der Waals surface area contributed by atoms with Gasteiger partial charge in [0, 0.05) is 13.1 Å². The molecule has 0 N–H and O–H groups in total. The van der Waals surface area contributed by atoms with Crippen LogP contribution in [0.1, 0.15) is 24.1 Å². The lowest BCUT2D eigenvalue weighted by molar-refractivity contribution is 0.356. The van der Waals surface area contributed by atoms with Gasteiger partial charge >= 0.3 is 0 Å². The summed E-state index contributed by atoms with van der Waals surface area (Å²) in [5, 5.41) is 11.9. The van der Waals surface area contributed by atoms with E-state index in [1.807, 2.05) is 4.90 Å². The van der Waals surface area contributed by atoms with Crippen molar-refractivity contribution in [2.75, 3.05) is 18.0 Å². The fourth-order valence-corrected chi connectivity index (χ4v) is 3.02. The number of aromatic nitrogens is 4. The van der Waals surface area contributed by atoms with Gasteiger partial charge in [-0.3, -0.25) is 0 Å². The van der Waals surface area contributed by atoms with Crippen LogP contribution in [0.4, 0.5) is 14.6 Å². The van der Waals surface area contributed by atoms with Gasteiger partial charge in [-0.05, 0) is 37.6 Å². The third-order valence-corrected chi connectivity index (χ3v) is 4.27. The molecule has 0 spiro atoms. The lowest BCUT2D eigenvalue weighted by atomic mass is 10.1. The van der Waals surface area contributed by atoms with Gasteiger partial charge in [0.2, 0.25) is 5.89 Å². The Labute approximate surface area is 142 Å². The summed E-state index contributed by atoms with van der Waals surface area (Å²) in [7, 11) is 0. The summed E-state index contributed by atoms with van der Waals surface area (Å²) in [6.45, 7) is 3.24. The summed E-state index contributed by atoms with van der Waals surface area (Å²) in [5.74, 6) is 0.721. The number of nitrogens with zero attached hydrogens (tertiary/aromatic N) is 5. The molecule has 4 rings (SSSR count). The summed E-state index contributed by atoms with van der Waals surface area (Å²) in [5.41, 5.74) is 0.00445. The van der Waals surface area contributed by atoms with E-state index in [0.717, 1.165) is 13.0 Å². The topological polar surface area (TPSA) is 67.9 Å². The van der Waals surface area contributed by atoms with Gasteiger partial charge in [-0.2, -0.15) is 4.98 Å². The van der Waals surface area contributed by atoms with Crippen LogP contribution in [-0.2, 0) is 0 Å². The molecule has 1 aliphatic rings. The van der Waals surface area contributed by atoms with Crippen LogP contribution in [0.2, 0.25) is 0 Å². The van der Waals surface area contributed by atoms with E-state index in [-0.39, 0.29) is 17.2 Å². The molecule has 1 saturated heterocycles. The molecule has 1 aliphatic heterocycles. The molecule has 6 nitrogen and oxygen atoms in total. The van der Waals surface area contributed by atoms with Gasteiger partial charge in [-0.1, -0.05) is 11.2 Å². The molecule has 8 heteroatoms. The zero-order valence-electron chi connectivity index (χ0n) is 13.5. The van der Waals surface area contributed by atoms with E-state index in [2.05, 4.69) is 20.3 Å². The molecule has 0 bridgehead atoms. The molecule has 0 radical (unpaired) electrons. The average molecular weight is 343 g/mol. The van der Waals surface area contributed by atoms with Crippen LogP contribution in [0.5, 0.6) is 0 Å². The second-order valence-corrected chi connectivity index (χ2v) is 5.98. The molecule has 25 heavy (non-hydrogen) atoms. The fourth-order valence-electron chi connectivity index (χ4n) is 3.02. The zero-order valence-corrected chi connectivity index (χ0v) is 13.5. The van der Waals surface area contributed by atoms with Crippen molar-refractivity contribution in [2.45, 2.75) is 19.3 Å². The van der Waals surface area contributed by atoms with Crippen molar-refractivity contribution in [1.29, 1.82) is 0 Å². The monoisotopic (exact) mass is 343 g/mol. The molecular formula is C17H15F2N5O. The minimum Gasteiger partial charge on any atom is -0.354 e. The van der Waals surface area contributed by atoms with Gasteiger partial charge in [-0.25, -0.2) is 8.78 Å². The van der Waals surface area contributed by atoms with Gasteiger partial charge in [0.25, 0.3) is 0 Å². The Balaban J connectivity index is 1.53. The van der Waals surface area contributed by atoms with Crippen molar-refractivity contribution in [3.05, 3.63) is 53.7 Å². The van der Waals surface area contributed by atoms with Crippen LogP contribution in [0.25, 0.3) is 11.3 Å². The molecule has 3 heterocycles. The fraction of sp³-hybridized carbons (Fsp3) is 0.294. The number of hydrogen-bond acceptors (Lipinski definition) is 6. The van der Waals surface area contributed by atoms with Crippen LogP contribution >= 0.6 is 0 Å². The molecular weight excluding hydrogens is 328 g/mol. The molecule has 1 atom stereocenters. The van der Waals surface area contributed by atoms with Crippen LogP contribution < -0.4 is 4.90 Å². The van der Waals surface area contributed by atoms with Crippen LogP contribution in [0.15, 0.2) is 34.9 Å². The van der Waals surface area contributed by atoms with Crippen LogP contribution in [0.3, 0.4) is 0 Å². The molecule has 1 fully saturated rings. The zero-order chi connectivity index (χ0) is 17.4. The maximum Gasteiger partial charge on any atom is 0.231 e. The highest BCUT2D eigenvalue weighted by molar-refractivity contribution is 5.61. The molecule has 3 aromatic rings. The summed E-state index contributed by atoms with van der Waals surface area (Å²) in [6, 6.07) is 7.01. The maximum absolute atomic E-state index is 13.8. The second kappa shape index (κ2) is 6.19. The molecule has 2 aromatic heterocycles. The van der Waals surface area contributed by atoms with E-state index in [4.69, 9.17) is 4.52 Å². The number of anilines is 1. The number of aryl methyl sites for hydroxylation is 1. The summed E-state index contributed by atoms with van der Waals surface area (Å²) in [4.78, 5) is 6.31. The molecule has 1 aromatic carbocycles. The summed E-state index contributed by atoms with van der Waals surface area (Å²) in [6.07, 6.45) is 0.868. The van der Waals surface area contributed by atoms with Crippen molar-refractivity contribution in [1.82, 2.24) is 20.3 Å². The largest absolute Gasteiger partial charge is 0.354 e. The maximum atomic E-state index is 13.8. The average Bonchev–Trinajstić information content (AvgIpc) is 3.24. The van der Waals surface area contributed by atoms with Crippen LogP contribution in [0, 0.1) is 18.6 Å². The highest BCUT2D eigenvalue weighted by Gasteiger charge is 2.29. The van der Waals surface area contributed by atoms with Gasteiger partial charge in [0.15, 0.2) is 11.6 Å². The Morgan fingerprint density at radius 2 is 1.92 bits per heavy atom. The third-order valence-electron chi connectivity index (χ3n) is 4.27. The predicted octanol–water partition coefficient (Wildman–Crippen LogP) is 3.11. The number of rotatable bonds is 3. The van der Waals surface area contributed by atoms with Gasteiger partial charge in [-0.15, -0.1) is 10.2 Å². The predicted molar refractivity (Wildman–Crippen MR) is 86.0 cm³/mol. The Hall–Kier alpha value is -2.90. The summed E-state index contributed by atoms with van der Waals surface area (Å²) < 4.78 is 32.9. The SMILES string of the molecule is Cc1noc(C2CCN(c3ccc(-c4c(F)cccc4F)nn3)C2)n1. The first kappa shape index (κ1) is 15.6. The minimum atomic E-state index is -0.657. The molecule has 0 saturated carbocycles. The quantitative estimate of drug-likeness (QED) is 0.728. The Bertz CT molecular complexity index is 876. The Kier molecular flexibility index (Phi) is 3.87. The molecule has 128 valence electrons. The number of halogens is 2. The number of hydrogen-bond donors (Lipinski definition) is 0. The lowest BCUT2D eigenvalue weighted by Gasteiger charge is -2.16. The first-order valence-corrected chi connectivity index (χ1v) is 7.95. The van der Waals surface area contributed by atoms with Crippen molar-refractivity contribution in [3.63, 3.8) is 0 Å². The first-order chi connectivity index (χ1) is 12.1.